The van der Waals surface area contributed by atoms with Gasteiger partial charge in [-0.1, -0.05) is 6.07 Å². The molecule has 1 amide bonds. The zero-order valence-corrected chi connectivity index (χ0v) is 18.2. The molecule has 158 valence electrons. The first-order valence-electron chi connectivity index (χ1n) is 9.90. The van der Waals surface area contributed by atoms with Gasteiger partial charge in [0, 0.05) is 48.2 Å². The van der Waals surface area contributed by atoms with E-state index in [1.807, 2.05) is 42.7 Å². The van der Waals surface area contributed by atoms with Crippen molar-refractivity contribution >= 4 is 16.7 Å². The summed E-state index contributed by atoms with van der Waals surface area (Å²) in [5, 5.41) is 5.82. The molecule has 7 heteroatoms. The van der Waals surface area contributed by atoms with Crippen molar-refractivity contribution < 1.29 is 9.53 Å². The van der Waals surface area contributed by atoms with Crippen molar-refractivity contribution in [3.8, 4) is 17.1 Å². The second-order valence-corrected chi connectivity index (χ2v) is 7.60. The predicted molar refractivity (Wildman–Crippen MR) is 121 cm³/mol. The van der Waals surface area contributed by atoms with E-state index in [4.69, 9.17) is 4.74 Å². The normalized spacial score (nSPS) is 11.0. The Kier molecular flexibility index (Phi) is 5.10. The van der Waals surface area contributed by atoms with Crippen LogP contribution in [0.2, 0.25) is 0 Å². The van der Waals surface area contributed by atoms with Crippen LogP contribution in [0.3, 0.4) is 0 Å². The minimum atomic E-state index is -0.202. The molecule has 0 bridgehead atoms. The Bertz CT molecular complexity index is 1350. The number of hydrogen-bond acceptors (Lipinski definition) is 4. The number of nitrogens with zero attached hydrogens (tertiary/aromatic N) is 4. The van der Waals surface area contributed by atoms with Gasteiger partial charge >= 0.3 is 0 Å². The molecule has 0 N–H and O–H groups in total. The highest BCUT2D eigenvalue weighted by Gasteiger charge is 2.18. The fourth-order valence-corrected chi connectivity index (χ4v) is 3.89. The second-order valence-electron chi connectivity index (χ2n) is 7.60. The number of fused-ring (bicyclic) bond motifs is 1. The number of carbonyl (C=O) groups excluding carboxylic acids is 1. The lowest BCUT2D eigenvalue weighted by atomic mass is 10.2. The first-order chi connectivity index (χ1) is 14.8. The Hall–Kier alpha value is -3.87. The zero-order valence-electron chi connectivity index (χ0n) is 18.2. The van der Waals surface area contributed by atoms with Crippen molar-refractivity contribution in [1.82, 2.24) is 19.2 Å². The van der Waals surface area contributed by atoms with Gasteiger partial charge in [0.2, 0.25) is 0 Å². The summed E-state index contributed by atoms with van der Waals surface area (Å²) < 4.78 is 8.76. The third-order valence-electron chi connectivity index (χ3n) is 5.48. The fourth-order valence-electron chi connectivity index (χ4n) is 3.89. The summed E-state index contributed by atoms with van der Waals surface area (Å²) in [5.41, 5.74) is 3.65. The largest absolute Gasteiger partial charge is 0.497 e. The zero-order chi connectivity index (χ0) is 22.3. The Morgan fingerprint density at radius 1 is 1.00 bits per heavy atom. The van der Waals surface area contributed by atoms with Crippen LogP contribution in [0.1, 0.15) is 21.7 Å². The number of aryl methyl sites for hydroxylation is 2. The molecule has 0 atom stereocenters. The minimum absolute atomic E-state index is 0.0934. The van der Waals surface area contributed by atoms with Crippen LogP contribution >= 0.6 is 0 Å². The fraction of sp³-hybridized carbons (Fsp3) is 0.208. The van der Waals surface area contributed by atoms with Crippen LogP contribution in [0.4, 0.5) is 0 Å². The van der Waals surface area contributed by atoms with Crippen LogP contribution in [-0.2, 0) is 0 Å². The van der Waals surface area contributed by atoms with Gasteiger partial charge in [0.15, 0.2) is 0 Å². The van der Waals surface area contributed by atoms with Crippen molar-refractivity contribution in [3.63, 3.8) is 0 Å². The molecular weight excluding hydrogens is 392 g/mol. The van der Waals surface area contributed by atoms with Gasteiger partial charge < -0.3 is 14.2 Å². The number of ether oxygens (including phenoxy) is 1. The van der Waals surface area contributed by atoms with Gasteiger partial charge in [0.25, 0.3) is 11.5 Å². The average Bonchev–Trinajstić information content (AvgIpc) is 3.04. The lowest BCUT2D eigenvalue weighted by Crippen LogP contribution is -2.23. The molecule has 2 aromatic carbocycles. The number of methoxy groups -OCH3 is 1. The average molecular weight is 416 g/mol. The van der Waals surface area contributed by atoms with E-state index in [1.165, 1.54) is 9.58 Å². The van der Waals surface area contributed by atoms with Gasteiger partial charge in [-0.05, 0) is 50.2 Å². The molecule has 31 heavy (non-hydrogen) atoms. The monoisotopic (exact) mass is 416 g/mol. The summed E-state index contributed by atoms with van der Waals surface area (Å²) in [4.78, 5) is 27.0. The van der Waals surface area contributed by atoms with Crippen LogP contribution in [0.5, 0.6) is 5.75 Å². The highest BCUT2D eigenvalue weighted by Crippen LogP contribution is 2.28. The maximum absolute atomic E-state index is 13.4. The summed E-state index contributed by atoms with van der Waals surface area (Å²) in [7, 11) is 5.04. The third kappa shape index (κ3) is 3.38. The molecule has 0 aliphatic carbocycles. The predicted octanol–water partition coefficient (Wildman–Crippen LogP) is 3.50. The van der Waals surface area contributed by atoms with E-state index >= 15 is 0 Å². The highest BCUT2D eigenvalue weighted by molar-refractivity contribution is 5.94. The SMILES string of the molecule is COc1cccc(-n2c(C)c3cnn(-c4ccc(C(=O)N(C)C)cc4)c(=O)c3c2C)c1. The van der Waals surface area contributed by atoms with Crippen molar-refractivity contribution in [3.05, 3.63) is 82.0 Å². The standard InChI is InChI=1S/C24H24N4O3/c1-15-21-14-25-28(18-11-9-17(10-12-18)23(29)26(3)4)24(30)22(21)16(2)27(15)19-7-6-8-20(13-19)31-5/h6-14H,1-5H3. The summed E-state index contributed by atoms with van der Waals surface area (Å²) in [6, 6.07) is 14.6. The lowest BCUT2D eigenvalue weighted by molar-refractivity contribution is 0.0827. The number of carbonyl (C=O) groups is 1. The van der Waals surface area contributed by atoms with Gasteiger partial charge in [-0.2, -0.15) is 9.78 Å². The molecule has 4 rings (SSSR count). The smallest absolute Gasteiger partial charge is 0.281 e. The molecular formula is C24H24N4O3. The van der Waals surface area contributed by atoms with Gasteiger partial charge in [0.1, 0.15) is 5.75 Å². The molecule has 4 aromatic rings. The second kappa shape index (κ2) is 7.75. The summed E-state index contributed by atoms with van der Waals surface area (Å²) >= 11 is 0. The van der Waals surface area contributed by atoms with Crippen molar-refractivity contribution in [1.29, 1.82) is 0 Å². The molecule has 2 heterocycles. The Labute approximate surface area is 180 Å². The topological polar surface area (TPSA) is 69.4 Å². The number of amides is 1. The van der Waals surface area contributed by atoms with Crippen LogP contribution in [-0.4, -0.2) is 46.4 Å². The van der Waals surface area contributed by atoms with E-state index in [0.29, 0.717) is 16.6 Å². The summed E-state index contributed by atoms with van der Waals surface area (Å²) in [6.45, 7) is 3.90. The first-order valence-corrected chi connectivity index (χ1v) is 9.90. The van der Waals surface area contributed by atoms with Crippen LogP contribution < -0.4 is 10.3 Å². The van der Waals surface area contributed by atoms with Crippen molar-refractivity contribution in [2.75, 3.05) is 21.2 Å². The minimum Gasteiger partial charge on any atom is -0.497 e. The Balaban J connectivity index is 1.86. The molecule has 0 spiro atoms. The van der Waals surface area contributed by atoms with Gasteiger partial charge in [-0.15, -0.1) is 0 Å². The molecule has 0 aliphatic rings. The number of hydrogen-bond donors (Lipinski definition) is 0. The van der Waals surface area contributed by atoms with E-state index in [-0.39, 0.29) is 11.5 Å². The van der Waals surface area contributed by atoms with Crippen molar-refractivity contribution in [2.24, 2.45) is 0 Å². The van der Waals surface area contributed by atoms with Gasteiger partial charge in [-0.25, -0.2) is 0 Å². The molecule has 2 aromatic heterocycles. The third-order valence-corrected chi connectivity index (χ3v) is 5.48. The molecule has 0 unspecified atom stereocenters. The molecule has 0 saturated carbocycles. The number of rotatable bonds is 4. The van der Waals surface area contributed by atoms with E-state index in [9.17, 15) is 9.59 Å². The number of aromatic nitrogens is 3. The Morgan fingerprint density at radius 2 is 1.71 bits per heavy atom. The van der Waals surface area contributed by atoms with Crippen molar-refractivity contribution in [2.45, 2.75) is 13.8 Å². The lowest BCUT2D eigenvalue weighted by Gasteiger charge is -2.11. The summed E-state index contributed by atoms with van der Waals surface area (Å²) in [6.07, 6.45) is 1.72. The quantitative estimate of drug-likeness (QED) is 0.511. The van der Waals surface area contributed by atoms with Crippen LogP contribution in [0.25, 0.3) is 22.1 Å². The first kappa shape index (κ1) is 20.4. The summed E-state index contributed by atoms with van der Waals surface area (Å²) in [5.74, 6) is 0.654. The van der Waals surface area contributed by atoms with E-state index in [1.54, 1.807) is 51.7 Å². The highest BCUT2D eigenvalue weighted by atomic mass is 16.5. The van der Waals surface area contributed by atoms with E-state index < -0.39 is 0 Å². The van der Waals surface area contributed by atoms with Crippen LogP contribution in [0.15, 0.2) is 59.5 Å². The molecule has 0 fully saturated rings. The molecule has 0 aliphatic heterocycles. The maximum atomic E-state index is 13.4. The van der Waals surface area contributed by atoms with E-state index in [0.717, 1.165) is 28.2 Å². The van der Waals surface area contributed by atoms with Gasteiger partial charge in [0.05, 0.1) is 24.4 Å². The number of benzene rings is 2. The Morgan fingerprint density at radius 3 is 2.35 bits per heavy atom. The maximum Gasteiger partial charge on any atom is 0.281 e. The van der Waals surface area contributed by atoms with Gasteiger partial charge in [-0.3, -0.25) is 9.59 Å². The molecule has 0 saturated heterocycles. The molecule has 0 radical (unpaired) electrons. The van der Waals surface area contributed by atoms with E-state index in [2.05, 4.69) is 5.10 Å². The molecule has 7 nitrogen and oxygen atoms in total. The van der Waals surface area contributed by atoms with Crippen LogP contribution in [0, 0.1) is 13.8 Å².